The predicted molar refractivity (Wildman–Crippen MR) is 78.3 cm³/mol. The van der Waals surface area contributed by atoms with Gasteiger partial charge in [-0.1, -0.05) is 13.3 Å². The summed E-state index contributed by atoms with van der Waals surface area (Å²) in [4.78, 5) is 18.6. The summed E-state index contributed by atoms with van der Waals surface area (Å²) in [6, 6.07) is 6.32. The van der Waals surface area contributed by atoms with Crippen molar-refractivity contribution in [3.63, 3.8) is 0 Å². The van der Waals surface area contributed by atoms with Crippen molar-refractivity contribution in [1.82, 2.24) is 14.5 Å². The van der Waals surface area contributed by atoms with Crippen LogP contribution in [0.2, 0.25) is 0 Å². The number of amides is 1. The van der Waals surface area contributed by atoms with Gasteiger partial charge in [0.2, 0.25) is 5.82 Å². The fraction of sp³-hybridized carbons (Fsp3) is 0.375. The molecule has 0 fully saturated rings. The topological polar surface area (TPSA) is 38.1 Å². The van der Waals surface area contributed by atoms with Crippen LogP contribution in [0.25, 0.3) is 11.3 Å². The SMILES string of the molecule is CCCCN1Cn2c(nc(C)c2-c2ccc(F)cc2)C1=O. The molecule has 0 bridgehead atoms. The number of rotatable bonds is 4. The Hall–Kier alpha value is -2.17. The highest BCUT2D eigenvalue weighted by Gasteiger charge is 2.32. The molecule has 5 heteroatoms. The van der Waals surface area contributed by atoms with Crippen molar-refractivity contribution in [3.05, 3.63) is 41.6 Å². The van der Waals surface area contributed by atoms with Gasteiger partial charge in [-0.15, -0.1) is 0 Å². The monoisotopic (exact) mass is 287 g/mol. The molecule has 0 saturated carbocycles. The summed E-state index contributed by atoms with van der Waals surface area (Å²) in [5.74, 6) is 0.209. The molecule has 0 atom stereocenters. The fourth-order valence-corrected chi connectivity index (χ4v) is 2.74. The number of benzene rings is 1. The van der Waals surface area contributed by atoms with E-state index in [0.717, 1.165) is 36.3 Å². The molecule has 0 saturated heterocycles. The lowest BCUT2D eigenvalue weighted by Crippen LogP contribution is -2.26. The number of imidazole rings is 1. The van der Waals surface area contributed by atoms with E-state index in [1.165, 1.54) is 12.1 Å². The van der Waals surface area contributed by atoms with Gasteiger partial charge in [0.25, 0.3) is 5.91 Å². The highest BCUT2D eigenvalue weighted by molar-refractivity contribution is 5.93. The molecule has 2 heterocycles. The maximum Gasteiger partial charge on any atom is 0.291 e. The molecule has 0 radical (unpaired) electrons. The van der Waals surface area contributed by atoms with E-state index in [1.54, 1.807) is 12.1 Å². The lowest BCUT2D eigenvalue weighted by molar-refractivity contribution is 0.0763. The van der Waals surface area contributed by atoms with Crippen LogP contribution in [0.1, 0.15) is 36.1 Å². The molecule has 1 amide bonds. The number of hydrogen-bond donors (Lipinski definition) is 0. The number of nitrogens with zero attached hydrogens (tertiary/aromatic N) is 3. The number of halogens is 1. The zero-order valence-electron chi connectivity index (χ0n) is 12.3. The lowest BCUT2D eigenvalue weighted by atomic mass is 10.1. The van der Waals surface area contributed by atoms with E-state index in [2.05, 4.69) is 11.9 Å². The van der Waals surface area contributed by atoms with Crippen LogP contribution in [0.5, 0.6) is 0 Å². The maximum atomic E-state index is 13.1. The Morgan fingerprint density at radius 3 is 2.67 bits per heavy atom. The van der Waals surface area contributed by atoms with E-state index in [-0.39, 0.29) is 11.7 Å². The van der Waals surface area contributed by atoms with E-state index in [9.17, 15) is 9.18 Å². The van der Waals surface area contributed by atoms with Crippen molar-refractivity contribution >= 4 is 5.91 Å². The molecule has 2 aromatic rings. The second-order valence-corrected chi connectivity index (χ2v) is 5.37. The van der Waals surface area contributed by atoms with Crippen LogP contribution in [-0.2, 0) is 6.67 Å². The van der Waals surface area contributed by atoms with Crippen molar-refractivity contribution in [3.8, 4) is 11.3 Å². The highest BCUT2D eigenvalue weighted by Crippen LogP contribution is 2.29. The van der Waals surface area contributed by atoms with Crippen LogP contribution >= 0.6 is 0 Å². The first-order chi connectivity index (χ1) is 10.1. The third-order valence-electron chi connectivity index (χ3n) is 3.83. The van der Waals surface area contributed by atoms with Crippen LogP contribution < -0.4 is 0 Å². The van der Waals surface area contributed by atoms with Crippen molar-refractivity contribution in [2.45, 2.75) is 33.4 Å². The van der Waals surface area contributed by atoms with Crippen LogP contribution in [-0.4, -0.2) is 26.9 Å². The van der Waals surface area contributed by atoms with Gasteiger partial charge in [0.15, 0.2) is 0 Å². The first kappa shape index (κ1) is 13.8. The molecule has 0 N–H and O–H groups in total. The van der Waals surface area contributed by atoms with Gasteiger partial charge in [0.1, 0.15) is 5.82 Å². The molecule has 1 aromatic carbocycles. The quantitative estimate of drug-likeness (QED) is 0.866. The Bertz CT molecular complexity index is 676. The smallest absolute Gasteiger partial charge is 0.291 e. The largest absolute Gasteiger partial charge is 0.318 e. The Morgan fingerprint density at radius 1 is 1.29 bits per heavy atom. The standard InChI is InChI=1S/C16H18FN3O/c1-3-4-9-19-10-20-14(11(2)18-15(20)16(19)21)12-5-7-13(17)8-6-12/h5-8H,3-4,9-10H2,1-2H3. The first-order valence-electron chi connectivity index (χ1n) is 7.24. The third kappa shape index (κ3) is 2.33. The normalized spacial score (nSPS) is 13.9. The molecule has 1 aliphatic heterocycles. The molecular formula is C16H18FN3O. The summed E-state index contributed by atoms with van der Waals surface area (Å²) in [7, 11) is 0. The van der Waals surface area contributed by atoms with Crippen LogP contribution in [0.3, 0.4) is 0 Å². The molecule has 110 valence electrons. The number of aryl methyl sites for hydroxylation is 1. The number of aromatic nitrogens is 2. The van der Waals surface area contributed by atoms with Gasteiger partial charge in [-0.2, -0.15) is 0 Å². The Kier molecular flexibility index (Phi) is 3.49. The maximum absolute atomic E-state index is 13.1. The fourth-order valence-electron chi connectivity index (χ4n) is 2.74. The van der Waals surface area contributed by atoms with Gasteiger partial charge in [-0.3, -0.25) is 4.79 Å². The number of carbonyl (C=O) groups is 1. The number of carbonyl (C=O) groups excluding carboxylic acids is 1. The molecule has 3 rings (SSSR count). The Balaban J connectivity index is 1.97. The van der Waals surface area contributed by atoms with Gasteiger partial charge in [0, 0.05) is 12.1 Å². The van der Waals surface area contributed by atoms with Crippen molar-refractivity contribution in [1.29, 1.82) is 0 Å². The lowest BCUT2D eigenvalue weighted by Gasteiger charge is -2.15. The molecule has 0 unspecified atom stereocenters. The Labute approximate surface area is 123 Å². The summed E-state index contributed by atoms with van der Waals surface area (Å²) in [6.07, 6.45) is 2.04. The summed E-state index contributed by atoms with van der Waals surface area (Å²) >= 11 is 0. The highest BCUT2D eigenvalue weighted by atomic mass is 19.1. The summed E-state index contributed by atoms with van der Waals surface area (Å²) in [6.45, 7) is 5.27. The van der Waals surface area contributed by atoms with E-state index in [4.69, 9.17) is 0 Å². The van der Waals surface area contributed by atoms with Crippen molar-refractivity contribution in [2.75, 3.05) is 6.54 Å². The zero-order chi connectivity index (χ0) is 15.0. The van der Waals surface area contributed by atoms with Crippen LogP contribution in [0.15, 0.2) is 24.3 Å². The molecule has 0 aliphatic carbocycles. The molecular weight excluding hydrogens is 269 g/mol. The van der Waals surface area contributed by atoms with Gasteiger partial charge >= 0.3 is 0 Å². The zero-order valence-corrected chi connectivity index (χ0v) is 12.3. The van der Waals surface area contributed by atoms with Crippen molar-refractivity contribution in [2.24, 2.45) is 0 Å². The second-order valence-electron chi connectivity index (χ2n) is 5.37. The van der Waals surface area contributed by atoms with E-state index in [0.29, 0.717) is 12.5 Å². The van der Waals surface area contributed by atoms with Crippen molar-refractivity contribution < 1.29 is 9.18 Å². The number of fused-ring (bicyclic) bond motifs is 1. The van der Waals surface area contributed by atoms with E-state index >= 15 is 0 Å². The predicted octanol–water partition coefficient (Wildman–Crippen LogP) is 3.21. The molecule has 21 heavy (non-hydrogen) atoms. The molecule has 4 nitrogen and oxygen atoms in total. The average Bonchev–Trinajstić information content (AvgIpc) is 2.94. The molecule has 1 aromatic heterocycles. The Morgan fingerprint density at radius 2 is 2.00 bits per heavy atom. The minimum atomic E-state index is -0.266. The second kappa shape index (κ2) is 5.31. The van der Waals surface area contributed by atoms with E-state index < -0.39 is 0 Å². The van der Waals surface area contributed by atoms with Gasteiger partial charge in [-0.05, 0) is 37.6 Å². The number of unbranched alkanes of at least 4 members (excludes halogenated alkanes) is 1. The number of hydrogen-bond acceptors (Lipinski definition) is 2. The molecule has 1 aliphatic rings. The van der Waals surface area contributed by atoms with Crippen LogP contribution in [0.4, 0.5) is 4.39 Å². The van der Waals surface area contributed by atoms with E-state index in [1.807, 2.05) is 16.4 Å². The average molecular weight is 287 g/mol. The minimum Gasteiger partial charge on any atom is -0.318 e. The van der Waals surface area contributed by atoms with Gasteiger partial charge in [0.05, 0.1) is 18.1 Å². The minimum absolute atomic E-state index is 0.0140. The summed E-state index contributed by atoms with van der Waals surface area (Å²) in [5, 5.41) is 0. The summed E-state index contributed by atoms with van der Waals surface area (Å²) < 4.78 is 15.0. The molecule has 0 spiro atoms. The first-order valence-corrected chi connectivity index (χ1v) is 7.24. The van der Waals surface area contributed by atoms with Gasteiger partial charge in [-0.25, -0.2) is 9.37 Å². The summed E-state index contributed by atoms with van der Waals surface area (Å²) in [5.41, 5.74) is 2.59. The third-order valence-corrected chi connectivity index (χ3v) is 3.83. The van der Waals surface area contributed by atoms with Gasteiger partial charge < -0.3 is 9.47 Å². The van der Waals surface area contributed by atoms with Crippen LogP contribution in [0, 0.1) is 12.7 Å².